The van der Waals surface area contributed by atoms with Crippen LogP contribution in [0.3, 0.4) is 0 Å². The van der Waals surface area contributed by atoms with Gasteiger partial charge in [0.1, 0.15) is 0 Å². The molecule has 0 saturated carbocycles. The Labute approximate surface area is 132 Å². The summed E-state index contributed by atoms with van der Waals surface area (Å²) in [6.07, 6.45) is 1.97. The summed E-state index contributed by atoms with van der Waals surface area (Å²) in [4.78, 5) is 8.78. The molecule has 0 bridgehead atoms. The van der Waals surface area contributed by atoms with Gasteiger partial charge in [0.05, 0.1) is 25.5 Å². The van der Waals surface area contributed by atoms with E-state index in [0.717, 1.165) is 5.56 Å². The van der Waals surface area contributed by atoms with Crippen LogP contribution in [-0.4, -0.2) is 30.4 Å². The normalized spacial score (nSPS) is 12.0. The lowest BCUT2D eigenvalue weighted by atomic mass is 10.1. The predicted octanol–water partition coefficient (Wildman–Crippen LogP) is 3.18. The summed E-state index contributed by atoms with van der Waals surface area (Å²) in [6, 6.07) is 7.03. The first-order valence-electron chi connectivity index (χ1n) is 6.13. The molecule has 2 rings (SSSR count). The number of methoxy groups -OCH3 is 2. The smallest absolute Gasteiger partial charge is 0.220 e. The lowest BCUT2D eigenvalue weighted by molar-refractivity contribution is 0.368. The third-order valence-corrected chi connectivity index (χ3v) is 4.09. The monoisotopic (exact) mass is 325 g/mol. The number of benzene rings is 1. The molecule has 112 valence electrons. The van der Waals surface area contributed by atoms with Crippen molar-refractivity contribution in [1.29, 1.82) is 0 Å². The number of halogens is 1. The molecule has 1 unspecified atom stereocenters. The zero-order valence-electron chi connectivity index (χ0n) is 12.0. The van der Waals surface area contributed by atoms with Crippen LogP contribution < -0.4 is 15.2 Å². The standard InChI is InChI=1S/C14H16ClN3O2S/c1-19-11-7-12(20-2)18-14(17-11)13(21-3)9-5-4-8(15)6-10(9)16/h4-7,13H,16H2,1-3H3. The Morgan fingerprint density at radius 2 is 1.76 bits per heavy atom. The van der Waals surface area contributed by atoms with Crippen molar-refractivity contribution in [1.82, 2.24) is 9.97 Å². The average Bonchev–Trinajstić information content (AvgIpc) is 2.49. The minimum Gasteiger partial charge on any atom is -0.481 e. The maximum absolute atomic E-state index is 6.06. The van der Waals surface area contributed by atoms with E-state index < -0.39 is 0 Å². The largest absolute Gasteiger partial charge is 0.481 e. The Balaban J connectivity index is 2.50. The molecule has 0 radical (unpaired) electrons. The highest BCUT2D eigenvalue weighted by molar-refractivity contribution is 7.99. The number of nitrogen functional groups attached to an aromatic ring is 1. The van der Waals surface area contributed by atoms with Gasteiger partial charge in [-0.2, -0.15) is 9.97 Å². The molecular weight excluding hydrogens is 310 g/mol. The van der Waals surface area contributed by atoms with Crippen molar-refractivity contribution in [2.45, 2.75) is 5.25 Å². The van der Waals surface area contributed by atoms with Gasteiger partial charge in [-0.05, 0) is 24.0 Å². The number of thioether (sulfide) groups is 1. The highest BCUT2D eigenvalue weighted by Crippen LogP contribution is 2.37. The summed E-state index contributed by atoms with van der Waals surface area (Å²) in [6.45, 7) is 0. The maximum atomic E-state index is 6.06. The first-order chi connectivity index (χ1) is 10.1. The van der Waals surface area contributed by atoms with Gasteiger partial charge in [0, 0.05) is 10.7 Å². The van der Waals surface area contributed by atoms with Gasteiger partial charge in [-0.15, -0.1) is 11.8 Å². The van der Waals surface area contributed by atoms with Gasteiger partial charge in [0.2, 0.25) is 11.8 Å². The number of hydrogen-bond acceptors (Lipinski definition) is 6. The quantitative estimate of drug-likeness (QED) is 0.851. The molecular formula is C14H16ClN3O2S. The lowest BCUT2D eigenvalue weighted by Gasteiger charge is -2.17. The van der Waals surface area contributed by atoms with Gasteiger partial charge in [-0.25, -0.2) is 0 Å². The molecule has 2 aromatic rings. The van der Waals surface area contributed by atoms with Gasteiger partial charge in [-0.1, -0.05) is 17.7 Å². The fraction of sp³-hybridized carbons (Fsp3) is 0.286. The van der Waals surface area contributed by atoms with E-state index >= 15 is 0 Å². The number of nitrogens with zero attached hydrogens (tertiary/aromatic N) is 2. The number of anilines is 1. The fourth-order valence-corrected chi connectivity index (χ4v) is 2.87. The molecule has 0 aliphatic rings. The molecule has 0 aliphatic carbocycles. The molecule has 7 heteroatoms. The molecule has 5 nitrogen and oxygen atoms in total. The van der Waals surface area contributed by atoms with Crippen LogP contribution in [0.1, 0.15) is 16.6 Å². The SMILES string of the molecule is COc1cc(OC)nc(C(SC)c2ccc(Cl)cc2N)n1. The summed E-state index contributed by atoms with van der Waals surface area (Å²) in [7, 11) is 3.10. The van der Waals surface area contributed by atoms with Crippen molar-refractivity contribution in [2.75, 3.05) is 26.2 Å². The Morgan fingerprint density at radius 1 is 1.14 bits per heavy atom. The molecule has 2 N–H and O–H groups in total. The van der Waals surface area contributed by atoms with Crippen molar-refractivity contribution in [3.63, 3.8) is 0 Å². The molecule has 0 fully saturated rings. The Bertz CT molecular complexity index is 617. The van der Waals surface area contributed by atoms with Crippen LogP contribution >= 0.6 is 23.4 Å². The lowest BCUT2D eigenvalue weighted by Crippen LogP contribution is -2.07. The summed E-state index contributed by atoms with van der Waals surface area (Å²) in [5.74, 6) is 1.47. The van der Waals surface area contributed by atoms with Crippen molar-refractivity contribution in [3.8, 4) is 11.8 Å². The average molecular weight is 326 g/mol. The van der Waals surface area contributed by atoms with Gasteiger partial charge in [0.25, 0.3) is 0 Å². The van der Waals surface area contributed by atoms with E-state index in [2.05, 4.69) is 9.97 Å². The molecule has 0 spiro atoms. The van der Waals surface area contributed by atoms with E-state index in [1.807, 2.05) is 12.3 Å². The minimum absolute atomic E-state index is 0.133. The zero-order chi connectivity index (χ0) is 15.4. The molecule has 21 heavy (non-hydrogen) atoms. The first-order valence-corrected chi connectivity index (χ1v) is 7.80. The summed E-state index contributed by atoms with van der Waals surface area (Å²) in [5, 5.41) is 0.464. The molecule has 1 aromatic heterocycles. The van der Waals surface area contributed by atoms with Crippen molar-refractivity contribution in [2.24, 2.45) is 0 Å². The van der Waals surface area contributed by atoms with Gasteiger partial charge in [-0.3, -0.25) is 0 Å². The Morgan fingerprint density at radius 3 is 2.24 bits per heavy atom. The summed E-state index contributed by atoms with van der Waals surface area (Å²) in [5.41, 5.74) is 7.57. The van der Waals surface area contributed by atoms with Crippen molar-refractivity contribution in [3.05, 3.63) is 40.7 Å². The maximum Gasteiger partial charge on any atom is 0.220 e. The number of ether oxygens (including phenoxy) is 2. The molecule has 0 aliphatic heterocycles. The third kappa shape index (κ3) is 3.51. The van der Waals surface area contributed by atoms with Crippen LogP contribution in [0.15, 0.2) is 24.3 Å². The van der Waals surface area contributed by atoms with Crippen LogP contribution in [0.5, 0.6) is 11.8 Å². The predicted molar refractivity (Wildman–Crippen MR) is 86.4 cm³/mol. The van der Waals surface area contributed by atoms with Crippen LogP contribution in [0.4, 0.5) is 5.69 Å². The van der Waals surface area contributed by atoms with Crippen LogP contribution in [-0.2, 0) is 0 Å². The molecule has 0 amide bonds. The van der Waals surface area contributed by atoms with E-state index in [9.17, 15) is 0 Å². The zero-order valence-corrected chi connectivity index (χ0v) is 13.5. The minimum atomic E-state index is -0.133. The van der Waals surface area contributed by atoms with E-state index in [4.69, 9.17) is 26.8 Å². The highest BCUT2D eigenvalue weighted by atomic mass is 35.5. The topological polar surface area (TPSA) is 70.3 Å². The Hall–Kier alpha value is -1.66. The van der Waals surface area contributed by atoms with Crippen LogP contribution in [0.2, 0.25) is 5.02 Å². The third-order valence-electron chi connectivity index (χ3n) is 2.92. The molecule has 1 atom stereocenters. The highest BCUT2D eigenvalue weighted by Gasteiger charge is 2.20. The number of aromatic nitrogens is 2. The van der Waals surface area contributed by atoms with Crippen molar-refractivity contribution < 1.29 is 9.47 Å². The second kappa shape index (κ2) is 6.87. The second-order valence-corrected chi connectivity index (χ2v) is 5.58. The summed E-state index contributed by atoms with van der Waals surface area (Å²) < 4.78 is 10.4. The fourth-order valence-electron chi connectivity index (χ4n) is 1.90. The number of rotatable bonds is 5. The second-order valence-electron chi connectivity index (χ2n) is 4.20. The van der Waals surface area contributed by atoms with E-state index in [-0.39, 0.29) is 5.25 Å². The van der Waals surface area contributed by atoms with Crippen molar-refractivity contribution >= 4 is 29.1 Å². The Kier molecular flexibility index (Phi) is 5.14. The number of hydrogen-bond donors (Lipinski definition) is 1. The van der Waals surface area contributed by atoms with Gasteiger partial charge < -0.3 is 15.2 Å². The van der Waals surface area contributed by atoms with E-state index in [0.29, 0.717) is 28.3 Å². The van der Waals surface area contributed by atoms with Crippen LogP contribution in [0.25, 0.3) is 0 Å². The first kappa shape index (κ1) is 15.7. The number of nitrogens with two attached hydrogens (primary N) is 1. The summed E-state index contributed by atoms with van der Waals surface area (Å²) >= 11 is 7.52. The molecule has 0 saturated heterocycles. The van der Waals surface area contributed by atoms with Gasteiger partial charge >= 0.3 is 0 Å². The molecule has 1 aromatic carbocycles. The van der Waals surface area contributed by atoms with Crippen LogP contribution in [0, 0.1) is 0 Å². The molecule has 1 heterocycles. The van der Waals surface area contributed by atoms with E-state index in [1.54, 1.807) is 44.2 Å². The van der Waals surface area contributed by atoms with Gasteiger partial charge in [0.15, 0.2) is 5.82 Å². The van der Waals surface area contributed by atoms with E-state index in [1.165, 1.54) is 0 Å².